The summed E-state index contributed by atoms with van der Waals surface area (Å²) >= 11 is 0. The molecule has 1 atom stereocenters. The molecule has 2 heterocycles. The van der Waals surface area contributed by atoms with E-state index >= 15 is 4.39 Å². The van der Waals surface area contributed by atoms with Crippen molar-refractivity contribution in [3.8, 4) is 16.9 Å². The van der Waals surface area contributed by atoms with Crippen molar-refractivity contribution in [2.75, 3.05) is 13.7 Å². The van der Waals surface area contributed by atoms with Crippen LogP contribution in [0.1, 0.15) is 45.2 Å². The van der Waals surface area contributed by atoms with Crippen molar-refractivity contribution in [1.82, 2.24) is 10.6 Å². The third-order valence-corrected chi connectivity index (χ3v) is 7.11. The number of benzene rings is 2. The minimum absolute atomic E-state index is 0.00707. The van der Waals surface area contributed by atoms with Crippen molar-refractivity contribution in [3.63, 3.8) is 0 Å². The molecule has 4 rings (SSSR count). The molecule has 6 nitrogen and oxygen atoms in total. The van der Waals surface area contributed by atoms with Crippen LogP contribution in [0.25, 0.3) is 11.1 Å². The molecule has 1 unspecified atom stereocenters. The van der Waals surface area contributed by atoms with Gasteiger partial charge >= 0.3 is 7.12 Å². The highest BCUT2D eigenvalue weighted by Gasteiger charge is 2.52. The lowest BCUT2D eigenvalue weighted by Crippen LogP contribution is -2.41. The second kappa shape index (κ2) is 8.74. The summed E-state index contributed by atoms with van der Waals surface area (Å²) in [7, 11) is 1.05. The van der Waals surface area contributed by atoms with Crippen LogP contribution >= 0.6 is 0 Å². The lowest BCUT2D eigenvalue weighted by atomic mass is 9.74. The summed E-state index contributed by atoms with van der Waals surface area (Å²) in [6.07, 6.45) is 0.396. The first kappa shape index (κ1) is 23.7. The van der Waals surface area contributed by atoms with Crippen LogP contribution < -0.4 is 20.8 Å². The zero-order chi connectivity index (χ0) is 24.0. The van der Waals surface area contributed by atoms with Gasteiger partial charge in [0.15, 0.2) is 0 Å². The Morgan fingerprint density at radius 3 is 2.52 bits per heavy atom. The van der Waals surface area contributed by atoms with Crippen molar-refractivity contribution in [2.24, 2.45) is 0 Å². The second-order valence-electron chi connectivity index (χ2n) is 9.83. The number of rotatable bonds is 6. The molecule has 0 aromatic heterocycles. The van der Waals surface area contributed by atoms with Gasteiger partial charge in [-0.1, -0.05) is 18.2 Å². The summed E-state index contributed by atoms with van der Waals surface area (Å²) in [5.41, 5.74) is 3.08. The number of halogens is 1. The van der Waals surface area contributed by atoms with E-state index in [0.29, 0.717) is 24.3 Å². The summed E-state index contributed by atoms with van der Waals surface area (Å²) in [4.78, 5) is 11.4. The van der Waals surface area contributed by atoms with Crippen LogP contribution in [0.2, 0.25) is 0 Å². The third kappa shape index (κ3) is 4.52. The number of amides is 1. The fraction of sp³-hybridized carbons (Fsp3) is 0.480. The van der Waals surface area contributed by atoms with Gasteiger partial charge < -0.3 is 24.7 Å². The molecule has 2 aromatic carbocycles. The monoisotopic (exact) mass is 454 g/mol. The predicted molar refractivity (Wildman–Crippen MR) is 127 cm³/mol. The molecule has 0 bridgehead atoms. The molecule has 2 aliphatic heterocycles. The van der Waals surface area contributed by atoms with Crippen LogP contribution in [0.15, 0.2) is 30.3 Å². The Balaban J connectivity index is 1.62. The van der Waals surface area contributed by atoms with E-state index in [0.717, 1.165) is 22.2 Å². The van der Waals surface area contributed by atoms with Crippen molar-refractivity contribution in [3.05, 3.63) is 47.3 Å². The quantitative estimate of drug-likeness (QED) is 0.657. The molecule has 2 aromatic rings. The number of ether oxygens (including phenoxy) is 1. The fourth-order valence-corrected chi connectivity index (χ4v) is 4.31. The molecule has 2 saturated heterocycles. The Morgan fingerprint density at radius 2 is 1.91 bits per heavy atom. The van der Waals surface area contributed by atoms with Gasteiger partial charge in [0.25, 0.3) is 0 Å². The van der Waals surface area contributed by atoms with Crippen LogP contribution in [0, 0.1) is 12.7 Å². The van der Waals surface area contributed by atoms with E-state index in [1.54, 1.807) is 0 Å². The Kier molecular flexibility index (Phi) is 6.29. The van der Waals surface area contributed by atoms with Crippen LogP contribution in [0.5, 0.6) is 5.75 Å². The maximum absolute atomic E-state index is 15.2. The van der Waals surface area contributed by atoms with Crippen molar-refractivity contribution >= 4 is 18.5 Å². The fourth-order valence-electron chi connectivity index (χ4n) is 4.31. The summed E-state index contributed by atoms with van der Waals surface area (Å²) in [6.45, 7) is 10.9. The smallest absolute Gasteiger partial charge is 0.495 e. The van der Waals surface area contributed by atoms with Gasteiger partial charge in [-0.15, -0.1) is 0 Å². The number of hydrogen-bond donors (Lipinski definition) is 2. The van der Waals surface area contributed by atoms with Crippen molar-refractivity contribution in [2.45, 2.75) is 64.8 Å². The molecule has 176 valence electrons. The van der Waals surface area contributed by atoms with Crippen LogP contribution in [0.3, 0.4) is 0 Å². The van der Waals surface area contributed by atoms with Gasteiger partial charge in [-0.25, -0.2) is 4.39 Å². The standard InChI is InChI=1S/C25H32BFN2O4/c1-15-18(8-7-9-20(15)26-32-24(2,3)25(4,5)33-26)16-10-21(27)19(22(11-16)31-6)14-28-17-12-23(30)29-13-17/h7-11,17,28H,12-14H2,1-6H3,(H,29,30). The molecule has 0 radical (unpaired) electrons. The first-order chi connectivity index (χ1) is 15.5. The Bertz CT molecular complexity index is 1060. The lowest BCUT2D eigenvalue weighted by Gasteiger charge is -2.32. The molecule has 2 N–H and O–H groups in total. The molecule has 2 fully saturated rings. The number of carbonyl (C=O) groups excluding carboxylic acids is 1. The van der Waals surface area contributed by atoms with E-state index in [1.807, 2.05) is 58.9 Å². The topological polar surface area (TPSA) is 68.8 Å². The van der Waals surface area contributed by atoms with Gasteiger partial charge in [-0.05, 0) is 68.9 Å². The molecular formula is C25H32BFN2O4. The summed E-state index contributed by atoms with van der Waals surface area (Å²) in [6, 6.07) is 9.27. The van der Waals surface area contributed by atoms with E-state index in [4.69, 9.17) is 14.0 Å². The SMILES string of the molecule is COc1cc(-c2cccc(B3OC(C)(C)C(C)(C)O3)c2C)cc(F)c1CNC1CNC(=O)C1. The predicted octanol–water partition coefficient (Wildman–Crippen LogP) is 3.09. The zero-order valence-corrected chi connectivity index (χ0v) is 20.2. The molecular weight excluding hydrogens is 422 g/mol. The number of hydrogen-bond acceptors (Lipinski definition) is 5. The van der Waals surface area contributed by atoms with E-state index in [1.165, 1.54) is 13.2 Å². The minimum Gasteiger partial charge on any atom is -0.496 e. The zero-order valence-electron chi connectivity index (χ0n) is 20.2. The van der Waals surface area contributed by atoms with E-state index < -0.39 is 18.3 Å². The number of methoxy groups -OCH3 is 1. The summed E-state index contributed by atoms with van der Waals surface area (Å²) in [5.74, 6) is 0.123. The maximum atomic E-state index is 15.2. The Labute approximate surface area is 195 Å². The molecule has 0 aliphatic carbocycles. The van der Waals surface area contributed by atoms with Gasteiger partial charge in [0.05, 0.1) is 18.3 Å². The van der Waals surface area contributed by atoms with Gasteiger partial charge in [-0.2, -0.15) is 0 Å². The van der Waals surface area contributed by atoms with Gasteiger partial charge in [0.1, 0.15) is 11.6 Å². The lowest BCUT2D eigenvalue weighted by molar-refractivity contribution is -0.119. The van der Waals surface area contributed by atoms with Crippen LogP contribution in [-0.4, -0.2) is 43.9 Å². The highest BCUT2D eigenvalue weighted by Crippen LogP contribution is 2.37. The van der Waals surface area contributed by atoms with E-state index in [2.05, 4.69) is 10.6 Å². The molecule has 2 aliphatic rings. The van der Waals surface area contributed by atoms with Crippen LogP contribution in [-0.2, 0) is 20.6 Å². The van der Waals surface area contributed by atoms with Gasteiger partial charge in [-0.3, -0.25) is 4.79 Å². The molecule has 0 saturated carbocycles. The largest absolute Gasteiger partial charge is 0.496 e. The third-order valence-electron chi connectivity index (χ3n) is 7.11. The van der Waals surface area contributed by atoms with Gasteiger partial charge in [0.2, 0.25) is 5.91 Å². The summed E-state index contributed by atoms with van der Waals surface area (Å²) < 4.78 is 33.2. The summed E-state index contributed by atoms with van der Waals surface area (Å²) in [5, 5.41) is 6.02. The van der Waals surface area contributed by atoms with Crippen molar-refractivity contribution < 1.29 is 23.2 Å². The average Bonchev–Trinajstić information content (AvgIpc) is 3.25. The molecule has 1 amide bonds. The highest BCUT2D eigenvalue weighted by molar-refractivity contribution is 6.62. The van der Waals surface area contributed by atoms with E-state index in [9.17, 15) is 4.79 Å². The molecule has 33 heavy (non-hydrogen) atoms. The Hall–Kier alpha value is -2.42. The highest BCUT2D eigenvalue weighted by atomic mass is 19.1. The minimum atomic E-state index is -0.493. The van der Waals surface area contributed by atoms with Crippen molar-refractivity contribution in [1.29, 1.82) is 0 Å². The molecule has 0 spiro atoms. The second-order valence-corrected chi connectivity index (χ2v) is 9.83. The normalized spacial score (nSPS) is 21.4. The number of carbonyl (C=O) groups is 1. The average molecular weight is 454 g/mol. The van der Waals surface area contributed by atoms with Crippen LogP contribution in [0.4, 0.5) is 4.39 Å². The molecule has 8 heteroatoms. The number of nitrogens with one attached hydrogen (secondary N) is 2. The van der Waals surface area contributed by atoms with Gasteiger partial charge in [0, 0.05) is 31.1 Å². The first-order valence-corrected chi connectivity index (χ1v) is 11.3. The van der Waals surface area contributed by atoms with E-state index in [-0.39, 0.29) is 24.3 Å². The first-order valence-electron chi connectivity index (χ1n) is 11.3. The maximum Gasteiger partial charge on any atom is 0.495 e. The Morgan fingerprint density at radius 1 is 1.21 bits per heavy atom.